The highest BCUT2D eigenvalue weighted by Gasteiger charge is 2.29. The summed E-state index contributed by atoms with van der Waals surface area (Å²) in [5.41, 5.74) is 0. The molecule has 0 aliphatic carbocycles. The molecule has 18 heavy (non-hydrogen) atoms. The predicted molar refractivity (Wildman–Crippen MR) is 82.4 cm³/mol. The molecule has 92 valence electrons. The van der Waals surface area contributed by atoms with Crippen LogP contribution in [0.5, 0.6) is 0 Å². The highest BCUT2D eigenvalue weighted by molar-refractivity contribution is 8.13. The van der Waals surface area contributed by atoms with Crippen molar-refractivity contribution in [1.29, 1.82) is 0 Å². The molecule has 0 spiro atoms. The van der Waals surface area contributed by atoms with Gasteiger partial charge >= 0.3 is 0 Å². The molecule has 3 heteroatoms. The van der Waals surface area contributed by atoms with Crippen LogP contribution in [0.1, 0.15) is 0 Å². The van der Waals surface area contributed by atoms with Crippen LogP contribution in [0.3, 0.4) is 0 Å². The van der Waals surface area contributed by atoms with Gasteiger partial charge in [0.2, 0.25) is 0 Å². The molecule has 0 bridgehead atoms. The summed E-state index contributed by atoms with van der Waals surface area (Å²) in [6.45, 7) is 4.00. The number of thioether (sulfide) groups is 1. The largest absolute Gasteiger partial charge is 0.308 e. The van der Waals surface area contributed by atoms with Crippen molar-refractivity contribution in [1.82, 2.24) is 0 Å². The van der Waals surface area contributed by atoms with Gasteiger partial charge in [-0.2, -0.15) is 0 Å². The third-order valence-corrected chi connectivity index (χ3v) is 7.37. The monoisotopic (exact) mass is 274 g/mol. The Morgan fingerprint density at radius 3 is 1.67 bits per heavy atom. The Morgan fingerprint density at radius 2 is 1.33 bits per heavy atom. The Kier molecular flexibility index (Phi) is 4.11. The summed E-state index contributed by atoms with van der Waals surface area (Å²) in [7, 11) is -2.75. The zero-order valence-corrected chi connectivity index (χ0v) is 12.0. The van der Waals surface area contributed by atoms with Gasteiger partial charge in [-0.25, -0.2) is 0 Å². The molecule has 0 amide bonds. The van der Waals surface area contributed by atoms with Gasteiger partial charge in [-0.05, 0) is 6.26 Å². The lowest BCUT2D eigenvalue weighted by Crippen LogP contribution is -2.16. The third-order valence-electron chi connectivity index (χ3n) is 2.83. The summed E-state index contributed by atoms with van der Waals surface area (Å²) in [5.74, 6) is 0. The fraction of sp³-hybridized carbons (Fsp3) is 0.0667. The first kappa shape index (κ1) is 13.2. The molecule has 0 heterocycles. The molecule has 2 rings (SSSR count). The van der Waals surface area contributed by atoms with Crippen molar-refractivity contribution in [2.75, 3.05) is 6.26 Å². The molecule has 0 fully saturated rings. The van der Waals surface area contributed by atoms with Gasteiger partial charge in [-0.15, -0.1) is 11.8 Å². The number of hydrogen-bond acceptors (Lipinski definition) is 2. The second-order valence-corrected chi connectivity index (χ2v) is 7.87. The SMILES string of the molecule is C=C(SC)P(=O)(c1ccccc1)c1ccccc1. The summed E-state index contributed by atoms with van der Waals surface area (Å²) in [5, 5.41) is 1.69. The van der Waals surface area contributed by atoms with Gasteiger partial charge < -0.3 is 4.57 Å². The fourth-order valence-corrected chi connectivity index (χ4v) is 5.56. The molecule has 0 aliphatic heterocycles. The minimum atomic E-state index is -2.75. The molecule has 1 nitrogen and oxygen atoms in total. The van der Waals surface area contributed by atoms with E-state index in [1.54, 1.807) is 0 Å². The van der Waals surface area contributed by atoms with Crippen LogP contribution in [-0.2, 0) is 4.57 Å². The van der Waals surface area contributed by atoms with Gasteiger partial charge in [0.05, 0.1) is 0 Å². The van der Waals surface area contributed by atoms with Crippen LogP contribution in [0.15, 0.2) is 71.9 Å². The maximum atomic E-state index is 13.4. The molecule has 0 saturated heterocycles. The average Bonchev–Trinajstić information content (AvgIpc) is 2.47. The first-order valence-electron chi connectivity index (χ1n) is 5.64. The standard InChI is InChI=1S/C15H15OPS/c1-13(18-2)17(16,14-9-5-3-6-10-14)15-11-7-4-8-12-15/h3-12H,1H2,2H3. The van der Waals surface area contributed by atoms with Crippen molar-refractivity contribution in [3.8, 4) is 0 Å². The topological polar surface area (TPSA) is 17.1 Å². The molecule has 0 radical (unpaired) electrons. The van der Waals surface area contributed by atoms with Crippen molar-refractivity contribution < 1.29 is 4.57 Å². The lowest BCUT2D eigenvalue weighted by atomic mass is 10.4. The van der Waals surface area contributed by atoms with Crippen molar-refractivity contribution in [3.63, 3.8) is 0 Å². The average molecular weight is 274 g/mol. The molecule has 2 aromatic rings. The highest BCUT2D eigenvalue weighted by Crippen LogP contribution is 2.54. The van der Waals surface area contributed by atoms with E-state index in [1.807, 2.05) is 66.9 Å². The Hall–Kier alpha value is -1.24. The van der Waals surface area contributed by atoms with Gasteiger partial charge in [0.15, 0.2) is 7.14 Å². The molecular formula is C15H15OPS. The van der Waals surface area contributed by atoms with Crippen LogP contribution in [0, 0.1) is 0 Å². The van der Waals surface area contributed by atoms with E-state index in [2.05, 4.69) is 6.58 Å². The molecule has 0 aliphatic rings. The van der Waals surface area contributed by atoms with Crippen molar-refractivity contribution in [3.05, 3.63) is 71.9 Å². The van der Waals surface area contributed by atoms with E-state index >= 15 is 0 Å². The van der Waals surface area contributed by atoms with Gasteiger partial charge in [-0.3, -0.25) is 0 Å². The summed E-state index contributed by atoms with van der Waals surface area (Å²) in [6, 6.07) is 19.2. The summed E-state index contributed by atoms with van der Waals surface area (Å²) >= 11 is 1.46. The first-order valence-corrected chi connectivity index (χ1v) is 8.57. The van der Waals surface area contributed by atoms with Crippen LogP contribution in [0.2, 0.25) is 0 Å². The van der Waals surface area contributed by atoms with Crippen molar-refractivity contribution >= 4 is 29.5 Å². The number of benzene rings is 2. The van der Waals surface area contributed by atoms with Gasteiger partial charge in [0.25, 0.3) is 0 Å². The quantitative estimate of drug-likeness (QED) is 0.788. The van der Waals surface area contributed by atoms with Crippen LogP contribution in [-0.4, -0.2) is 6.26 Å². The van der Waals surface area contributed by atoms with E-state index in [0.717, 1.165) is 15.3 Å². The van der Waals surface area contributed by atoms with Crippen LogP contribution >= 0.6 is 18.9 Å². The Bertz CT molecular complexity index is 534. The van der Waals surface area contributed by atoms with Crippen molar-refractivity contribution in [2.45, 2.75) is 0 Å². The van der Waals surface area contributed by atoms with E-state index in [4.69, 9.17) is 0 Å². The van der Waals surface area contributed by atoms with Crippen LogP contribution in [0.4, 0.5) is 0 Å². The minimum absolute atomic E-state index is 0.722. The molecule has 0 saturated carbocycles. The summed E-state index contributed by atoms with van der Waals surface area (Å²) in [4.78, 5) is 0. The summed E-state index contributed by atoms with van der Waals surface area (Å²) in [6.07, 6.45) is 1.92. The second-order valence-electron chi connectivity index (χ2n) is 3.88. The van der Waals surface area contributed by atoms with Crippen LogP contribution in [0.25, 0.3) is 0 Å². The van der Waals surface area contributed by atoms with E-state index in [1.165, 1.54) is 11.8 Å². The second kappa shape index (κ2) is 5.60. The van der Waals surface area contributed by atoms with Crippen molar-refractivity contribution in [2.24, 2.45) is 0 Å². The van der Waals surface area contributed by atoms with Gasteiger partial charge in [0.1, 0.15) is 0 Å². The molecule has 0 N–H and O–H groups in total. The van der Waals surface area contributed by atoms with Gasteiger partial charge in [0, 0.05) is 15.3 Å². The van der Waals surface area contributed by atoms with E-state index < -0.39 is 7.14 Å². The Labute approximate surface area is 112 Å². The lowest BCUT2D eigenvalue weighted by molar-refractivity contribution is 0.592. The Balaban J connectivity index is 2.63. The maximum absolute atomic E-state index is 13.4. The zero-order chi connectivity index (χ0) is 13.0. The lowest BCUT2D eigenvalue weighted by Gasteiger charge is -2.20. The zero-order valence-electron chi connectivity index (χ0n) is 10.2. The smallest absolute Gasteiger partial charge is 0.176 e. The van der Waals surface area contributed by atoms with E-state index in [-0.39, 0.29) is 0 Å². The number of hydrogen-bond donors (Lipinski definition) is 0. The first-order chi connectivity index (χ1) is 8.69. The van der Waals surface area contributed by atoms with Gasteiger partial charge in [-0.1, -0.05) is 67.2 Å². The molecule has 0 unspecified atom stereocenters. The number of rotatable bonds is 4. The highest BCUT2D eigenvalue weighted by atomic mass is 32.2. The molecular weight excluding hydrogens is 259 g/mol. The molecule has 2 aromatic carbocycles. The molecule has 0 atom stereocenters. The summed E-state index contributed by atoms with van der Waals surface area (Å²) < 4.78 is 14.1. The minimum Gasteiger partial charge on any atom is -0.308 e. The maximum Gasteiger partial charge on any atom is 0.176 e. The third kappa shape index (κ3) is 2.31. The fourth-order valence-electron chi connectivity index (χ4n) is 1.84. The normalized spacial score (nSPS) is 11.2. The predicted octanol–water partition coefficient (Wildman–Crippen LogP) is 3.83. The Morgan fingerprint density at radius 1 is 0.944 bits per heavy atom. The van der Waals surface area contributed by atoms with E-state index in [9.17, 15) is 4.57 Å². The molecule has 0 aromatic heterocycles. The van der Waals surface area contributed by atoms with E-state index in [0.29, 0.717) is 0 Å². The van der Waals surface area contributed by atoms with Crippen LogP contribution < -0.4 is 10.6 Å².